The van der Waals surface area contributed by atoms with Crippen molar-refractivity contribution in [3.63, 3.8) is 0 Å². The van der Waals surface area contributed by atoms with Crippen LogP contribution in [0.1, 0.15) is 43.7 Å². The number of rotatable bonds is 4. The molecule has 0 aliphatic heterocycles. The van der Waals surface area contributed by atoms with E-state index in [4.69, 9.17) is 4.74 Å². The van der Waals surface area contributed by atoms with Crippen molar-refractivity contribution in [3.8, 4) is 0 Å². The van der Waals surface area contributed by atoms with Crippen LogP contribution in [-0.2, 0) is 9.53 Å². The number of methoxy groups -OCH3 is 1. The van der Waals surface area contributed by atoms with Gasteiger partial charge in [0.15, 0.2) is 0 Å². The normalized spacial score (nSPS) is 18.3. The number of nitrogens with zero attached hydrogens (tertiary/aromatic N) is 1. The van der Waals surface area contributed by atoms with Crippen molar-refractivity contribution < 1.29 is 9.53 Å². The number of carbonyl (C=O) groups excluding carboxylic acids is 1. The van der Waals surface area contributed by atoms with Crippen LogP contribution in [0, 0.1) is 0 Å². The summed E-state index contributed by atoms with van der Waals surface area (Å²) in [5.41, 5.74) is 0.870. The van der Waals surface area contributed by atoms with Gasteiger partial charge in [-0.2, -0.15) is 0 Å². The van der Waals surface area contributed by atoms with Crippen LogP contribution in [0.4, 0.5) is 0 Å². The lowest BCUT2D eigenvalue weighted by molar-refractivity contribution is -0.143. The molecule has 1 atom stereocenters. The Bertz CT molecular complexity index is 375. The molecule has 1 aromatic heterocycles. The van der Waals surface area contributed by atoms with E-state index in [1.54, 1.807) is 12.4 Å². The number of nitrogens with one attached hydrogen (secondary N) is 1. The summed E-state index contributed by atoms with van der Waals surface area (Å²) >= 11 is 0. The Morgan fingerprint density at radius 1 is 1.44 bits per heavy atom. The number of pyridine rings is 1. The Balaban J connectivity index is 2.07. The predicted molar refractivity (Wildman–Crippen MR) is 69.0 cm³/mol. The highest BCUT2D eigenvalue weighted by Gasteiger charge is 2.25. The highest BCUT2D eigenvalue weighted by Crippen LogP contribution is 2.22. The zero-order valence-corrected chi connectivity index (χ0v) is 10.8. The van der Waals surface area contributed by atoms with Crippen molar-refractivity contribution in [1.82, 2.24) is 10.3 Å². The molecule has 1 fully saturated rings. The molecule has 1 saturated carbocycles. The number of aromatic nitrogens is 1. The summed E-state index contributed by atoms with van der Waals surface area (Å²) < 4.78 is 4.88. The van der Waals surface area contributed by atoms with Gasteiger partial charge in [-0.1, -0.05) is 25.3 Å². The summed E-state index contributed by atoms with van der Waals surface area (Å²) in [7, 11) is 1.42. The Kier molecular flexibility index (Phi) is 4.70. The molecule has 1 aromatic rings. The summed E-state index contributed by atoms with van der Waals surface area (Å²) in [6, 6.07) is 3.76. The maximum Gasteiger partial charge on any atom is 0.327 e. The van der Waals surface area contributed by atoms with Gasteiger partial charge in [0.25, 0.3) is 0 Å². The Morgan fingerprint density at radius 3 is 2.83 bits per heavy atom. The highest BCUT2D eigenvalue weighted by atomic mass is 16.5. The standard InChI is InChI=1S/C14H20N2O2/c1-18-14(17)13(11-6-5-9-15-10-11)16-12-7-3-2-4-8-12/h5-6,9-10,12-13,16H,2-4,7-8H2,1H3. The Hall–Kier alpha value is -1.42. The van der Waals surface area contributed by atoms with Crippen molar-refractivity contribution in [2.24, 2.45) is 0 Å². The zero-order chi connectivity index (χ0) is 12.8. The van der Waals surface area contributed by atoms with Gasteiger partial charge >= 0.3 is 5.97 Å². The van der Waals surface area contributed by atoms with Gasteiger partial charge in [-0.25, -0.2) is 4.79 Å². The van der Waals surface area contributed by atoms with Crippen LogP contribution in [0.15, 0.2) is 24.5 Å². The van der Waals surface area contributed by atoms with Gasteiger partial charge in [-0.15, -0.1) is 0 Å². The Morgan fingerprint density at radius 2 is 2.22 bits per heavy atom. The van der Waals surface area contributed by atoms with E-state index >= 15 is 0 Å². The van der Waals surface area contributed by atoms with E-state index in [9.17, 15) is 4.79 Å². The van der Waals surface area contributed by atoms with Gasteiger partial charge in [-0.3, -0.25) is 10.3 Å². The SMILES string of the molecule is COC(=O)C(NC1CCCCC1)c1cccnc1. The van der Waals surface area contributed by atoms with Crippen LogP contribution in [0.25, 0.3) is 0 Å². The Labute approximate surface area is 108 Å². The molecule has 98 valence electrons. The third-order valence-electron chi connectivity index (χ3n) is 3.46. The molecule has 0 aromatic carbocycles. The van der Waals surface area contributed by atoms with Crippen LogP contribution < -0.4 is 5.32 Å². The van der Waals surface area contributed by atoms with E-state index in [1.807, 2.05) is 12.1 Å². The maximum atomic E-state index is 11.9. The fourth-order valence-electron chi connectivity index (χ4n) is 2.47. The third-order valence-corrected chi connectivity index (χ3v) is 3.46. The molecule has 1 N–H and O–H groups in total. The lowest BCUT2D eigenvalue weighted by atomic mass is 9.94. The average molecular weight is 248 g/mol. The molecule has 0 radical (unpaired) electrons. The second kappa shape index (κ2) is 6.50. The molecular weight excluding hydrogens is 228 g/mol. The minimum absolute atomic E-state index is 0.242. The fraction of sp³-hybridized carbons (Fsp3) is 0.571. The van der Waals surface area contributed by atoms with Crippen LogP contribution in [0.2, 0.25) is 0 Å². The number of hydrogen-bond acceptors (Lipinski definition) is 4. The van der Waals surface area contributed by atoms with Crippen LogP contribution in [-0.4, -0.2) is 24.1 Å². The van der Waals surface area contributed by atoms with Crippen molar-refractivity contribution in [1.29, 1.82) is 0 Å². The smallest absolute Gasteiger partial charge is 0.327 e. The first-order valence-corrected chi connectivity index (χ1v) is 6.55. The lowest BCUT2D eigenvalue weighted by Crippen LogP contribution is -2.38. The maximum absolute atomic E-state index is 11.9. The predicted octanol–water partition coefficient (Wildman–Crippen LogP) is 2.22. The summed E-state index contributed by atoms with van der Waals surface area (Å²) in [6.07, 6.45) is 9.46. The minimum atomic E-state index is -0.396. The largest absolute Gasteiger partial charge is 0.468 e. The number of hydrogen-bond donors (Lipinski definition) is 1. The van der Waals surface area contributed by atoms with E-state index < -0.39 is 6.04 Å². The molecule has 0 amide bonds. The first-order chi connectivity index (χ1) is 8.81. The van der Waals surface area contributed by atoms with Crippen LogP contribution in [0.5, 0.6) is 0 Å². The van der Waals surface area contributed by atoms with E-state index in [0.29, 0.717) is 6.04 Å². The number of esters is 1. The summed E-state index contributed by atoms with van der Waals surface area (Å²) in [4.78, 5) is 15.9. The van der Waals surface area contributed by atoms with Gasteiger partial charge in [0.1, 0.15) is 6.04 Å². The van der Waals surface area contributed by atoms with Gasteiger partial charge in [0.05, 0.1) is 7.11 Å². The van der Waals surface area contributed by atoms with E-state index in [-0.39, 0.29) is 5.97 Å². The van der Waals surface area contributed by atoms with Gasteiger partial charge < -0.3 is 4.74 Å². The molecule has 18 heavy (non-hydrogen) atoms. The molecule has 1 aliphatic carbocycles. The number of ether oxygens (including phenoxy) is 1. The van der Waals surface area contributed by atoms with Crippen molar-refractivity contribution in [3.05, 3.63) is 30.1 Å². The van der Waals surface area contributed by atoms with Gasteiger partial charge in [-0.05, 0) is 24.5 Å². The molecule has 1 unspecified atom stereocenters. The summed E-state index contributed by atoms with van der Waals surface area (Å²) in [5, 5.41) is 3.41. The second-order valence-corrected chi connectivity index (χ2v) is 4.74. The molecule has 1 aliphatic rings. The first-order valence-electron chi connectivity index (χ1n) is 6.55. The molecule has 1 heterocycles. The quantitative estimate of drug-likeness (QED) is 0.830. The zero-order valence-electron chi connectivity index (χ0n) is 10.8. The molecule has 4 nitrogen and oxygen atoms in total. The van der Waals surface area contributed by atoms with Crippen LogP contribution in [0.3, 0.4) is 0 Å². The second-order valence-electron chi connectivity index (χ2n) is 4.74. The average Bonchev–Trinajstić information content (AvgIpc) is 2.46. The minimum Gasteiger partial charge on any atom is -0.468 e. The highest BCUT2D eigenvalue weighted by molar-refractivity contribution is 5.77. The molecular formula is C14H20N2O2. The molecule has 2 rings (SSSR count). The van der Waals surface area contributed by atoms with Gasteiger partial charge in [0, 0.05) is 18.4 Å². The molecule has 0 spiro atoms. The summed E-state index contributed by atoms with van der Waals surface area (Å²) in [5.74, 6) is -0.242. The van der Waals surface area contributed by atoms with Crippen LogP contribution >= 0.6 is 0 Å². The lowest BCUT2D eigenvalue weighted by Gasteiger charge is -2.27. The van der Waals surface area contributed by atoms with E-state index in [1.165, 1.54) is 26.4 Å². The fourth-order valence-corrected chi connectivity index (χ4v) is 2.47. The molecule has 0 bridgehead atoms. The van der Waals surface area contributed by atoms with Crippen molar-refractivity contribution >= 4 is 5.97 Å². The first kappa shape index (κ1) is 13.0. The van der Waals surface area contributed by atoms with E-state index in [0.717, 1.165) is 18.4 Å². The van der Waals surface area contributed by atoms with Gasteiger partial charge in [0.2, 0.25) is 0 Å². The third kappa shape index (κ3) is 3.29. The topological polar surface area (TPSA) is 51.2 Å². The monoisotopic (exact) mass is 248 g/mol. The molecule has 4 heteroatoms. The number of carbonyl (C=O) groups is 1. The van der Waals surface area contributed by atoms with Crippen molar-refractivity contribution in [2.45, 2.75) is 44.2 Å². The summed E-state index contributed by atoms with van der Waals surface area (Å²) in [6.45, 7) is 0. The van der Waals surface area contributed by atoms with Crippen molar-refractivity contribution in [2.75, 3.05) is 7.11 Å². The van der Waals surface area contributed by atoms with E-state index in [2.05, 4.69) is 10.3 Å². The molecule has 0 saturated heterocycles.